The molecular weight excluding hydrogens is 292 g/mol. The van der Waals surface area contributed by atoms with Gasteiger partial charge in [-0.15, -0.1) is 0 Å². The van der Waals surface area contributed by atoms with Crippen molar-refractivity contribution in [3.05, 3.63) is 18.1 Å². The fourth-order valence-corrected chi connectivity index (χ4v) is 3.34. The maximum atomic E-state index is 12.0. The van der Waals surface area contributed by atoms with Crippen molar-refractivity contribution in [2.24, 2.45) is 5.92 Å². The molecule has 0 bridgehead atoms. The molecule has 2 aliphatic rings. The van der Waals surface area contributed by atoms with Gasteiger partial charge in [-0.3, -0.25) is 4.79 Å². The van der Waals surface area contributed by atoms with Crippen LogP contribution in [0.5, 0.6) is 0 Å². The van der Waals surface area contributed by atoms with Gasteiger partial charge in [0.1, 0.15) is 11.6 Å². The molecule has 1 N–H and O–H groups in total. The molecule has 2 heterocycles. The van der Waals surface area contributed by atoms with Gasteiger partial charge in [0.05, 0.1) is 19.8 Å². The van der Waals surface area contributed by atoms with E-state index in [9.17, 15) is 4.79 Å². The third-order valence-corrected chi connectivity index (χ3v) is 4.72. The van der Waals surface area contributed by atoms with E-state index in [1.54, 1.807) is 6.20 Å². The minimum atomic E-state index is 0.109. The fourth-order valence-electron chi connectivity index (χ4n) is 3.34. The lowest BCUT2D eigenvalue weighted by molar-refractivity contribution is -0.121. The van der Waals surface area contributed by atoms with Crippen LogP contribution in [0.15, 0.2) is 12.3 Å². The monoisotopic (exact) mass is 318 g/mol. The van der Waals surface area contributed by atoms with E-state index in [0.29, 0.717) is 18.8 Å². The quantitative estimate of drug-likeness (QED) is 0.868. The first-order chi connectivity index (χ1) is 11.3. The molecule has 23 heavy (non-hydrogen) atoms. The minimum absolute atomic E-state index is 0.109. The van der Waals surface area contributed by atoms with Crippen LogP contribution in [0.2, 0.25) is 0 Å². The molecule has 1 aliphatic heterocycles. The first-order valence-corrected chi connectivity index (χ1v) is 8.72. The number of amides is 1. The van der Waals surface area contributed by atoms with E-state index in [4.69, 9.17) is 4.74 Å². The highest BCUT2D eigenvalue weighted by Gasteiger charge is 2.16. The molecule has 0 aromatic carbocycles. The summed E-state index contributed by atoms with van der Waals surface area (Å²) in [6.07, 6.45) is 8.63. The van der Waals surface area contributed by atoms with Crippen molar-refractivity contribution in [3.63, 3.8) is 0 Å². The number of carbonyl (C=O) groups excluding carboxylic acids is 1. The number of ether oxygens (including phenoxy) is 1. The maximum absolute atomic E-state index is 12.0. The molecule has 1 saturated carbocycles. The highest BCUT2D eigenvalue weighted by molar-refractivity contribution is 5.75. The molecule has 0 spiro atoms. The number of hydrogen-bond donors (Lipinski definition) is 1. The highest BCUT2D eigenvalue weighted by atomic mass is 16.5. The Morgan fingerprint density at radius 1 is 1.30 bits per heavy atom. The van der Waals surface area contributed by atoms with Gasteiger partial charge in [0.2, 0.25) is 5.91 Å². The Morgan fingerprint density at radius 2 is 2.09 bits per heavy atom. The van der Waals surface area contributed by atoms with Crippen LogP contribution < -0.4 is 10.2 Å². The summed E-state index contributed by atoms with van der Waals surface area (Å²) >= 11 is 0. The van der Waals surface area contributed by atoms with Crippen molar-refractivity contribution in [2.75, 3.05) is 31.2 Å². The molecule has 1 aliphatic carbocycles. The number of morpholine rings is 1. The third-order valence-electron chi connectivity index (χ3n) is 4.72. The van der Waals surface area contributed by atoms with Gasteiger partial charge in [0, 0.05) is 25.7 Å². The molecule has 3 rings (SSSR count). The van der Waals surface area contributed by atoms with Crippen LogP contribution in [0.4, 0.5) is 5.82 Å². The van der Waals surface area contributed by atoms with E-state index in [1.165, 1.54) is 25.7 Å². The Kier molecular flexibility index (Phi) is 5.80. The molecule has 6 heteroatoms. The molecule has 126 valence electrons. The van der Waals surface area contributed by atoms with Gasteiger partial charge < -0.3 is 15.0 Å². The summed E-state index contributed by atoms with van der Waals surface area (Å²) in [5.41, 5.74) is 0. The number of nitrogens with one attached hydrogen (secondary N) is 1. The lowest BCUT2D eigenvalue weighted by Gasteiger charge is -2.27. The van der Waals surface area contributed by atoms with Crippen LogP contribution >= 0.6 is 0 Å². The van der Waals surface area contributed by atoms with Crippen LogP contribution in [-0.2, 0) is 16.1 Å². The Bertz CT molecular complexity index is 511. The molecule has 1 aromatic heterocycles. The maximum Gasteiger partial charge on any atom is 0.220 e. The zero-order valence-corrected chi connectivity index (χ0v) is 13.7. The van der Waals surface area contributed by atoms with Gasteiger partial charge in [-0.25, -0.2) is 9.97 Å². The van der Waals surface area contributed by atoms with Gasteiger partial charge in [0.15, 0.2) is 0 Å². The smallest absolute Gasteiger partial charge is 0.220 e. The van der Waals surface area contributed by atoms with Crippen LogP contribution in [0, 0.1) is 5.92 Å². The number of nitrogens with zero attached hydrogens (tertiary/aromatic N) is 3. The topological polar surface area (TPSA) is 67.4 Å². The van der Waals surface area contributed by atoms with Crippen LogP contribution in [0.1, 0.15) is 44.3 Å². The first kappa shape index (κ1) is 16.2. The summed E-state index contributed by atoms with van der Waals surface area (Å²) in [5, 5.41) is 2.95. The molecule has 6 nitrogen and oxygen atoms in total. The number of rotatable bonds is 6. The lowest BCUT2D eigenvalue weighted by Crippen LogP contribution is -2.37. The normalized spacial score (nSPS) is 19.0. The number of anilines is 1. The van der Waals surface area contributed by atoms with Crippen molar-refractivity contribution in [1.29, 1.82) is 0 Å². The van der Waals surface area contributed by atoms with E-state index in [1.807, 2.05) is 6.07 Å². The standard InChI is InChI=1S/C17H26N4O2/c22-17(6-5-14-3-1-2-4-14)19-13-15-18-8-7-16(20-15)21-9-11-23-12-10-21/h7-8,14H,1-6,9-13H2,(H,19,22). The number of hydrogen-bond acceptors (Lipinski definition) is 5. The van der Waals surface area contributed by atoms with Crippen LogP contribution in [0.3, 0.4) is 0 Å². The van der Waals surface area contributed by atoms with Gasteiger partial charge in [-0.2, -0.15) is 0 Å². The third kappa shape index (κ3) is 4.89. The van der Waals surface area contributed by atoms with Crippen molar-refractivity contribution in [1.82, 2.24) is 15.3 Å². The second-order valence-electron chi connectivity index (χ2n) is 6.40. The van der Waals surface area contributed by atoms with E-state index in [0.717, 1.165) is 44.5 Å². The zero-order chi connectivity index (χ0) is 15.9. The molecule has 0 atom stereocenters. The Balaban J connectivity index is 1.44. The predicted molar refractivity (Wildman–Crippen MR) is 88.1 cm³/mol. The molecule has 2 fully saturated rings. The highest BCUT2D eigenvalue weighted by Crippen LogP contribution is 2.28. The first-order valence-electron chi connectivity index (χ1n) is 8.72. The van der Waals surface area contributed by atoms with Crippen LogP contribution in [0.25, 0.3) is 0 Å². The van der Waals surface area contributed by atoms with E-state index >= 15 is 0 Å². The largest absolute Gasteiger partial charge is 0.378 e. The SMILES string of the molecule is O=C(CCC1CCCC1)NCc1nccc(N2CCOCC2)n1. The summed E-state index contributed by atoms with van der Waals surface area (Å²) < 4.78 is 5.36. The van der Waals surface area contributed by atoms with Crippen molar-refractivity contribution >= 4 is 11.7 Å². The molecule has 0 unspecified atom stereocenters. The summed E-state index contributed by atoms with van der Waals surface area (Å²) in [7, 11) is 0. The zero-order valence-electron chi connectivity index (χ0n) is 13.7. The lowest BCUT2D eigenvalue weighted by atomic mass is 10.0. The average Bonchev–Trinajstić information content (AvgIpc) is 3.13. The summed E-state index contributed by atoms with van der Waals surface area (Å²) in [5.74, 6) is 2.45. The van der Waals surface area contributed by atoms with Crippen molar-refractivity contribution in [3.8, 4) is 0 Å². The van der Waals surface area contributed by atoms with Gasteiger partial charge in [-0.05, 0) is 18.4 Å². The van der Waals surface area contributed by atoms with Crippen LogP contribution in [-0.4, -0.2) is 42.2 Å². The average molecular weight is 318 g/mol. The van der Waals surface area contributed by atoms with E-state index in [-0.39, 0.29) is 5.91 Å². The van der Waals surface area contributed by atoms with Crippen molar-refractivity contribution < 1.29 is 9.53 Å². The van der Waals surface area contributed by atoms with Gasteiger partial charge in [0.25, 0.3) is 0 Å². The molecule has 0 radical (unpaired) electrons. The number of carbonyl (C=O) groups is 1. The molecular formula is C17H26N4O2. The second-order valence-corrected chi connectivity index (χ2v) is 6.40. The molecule has 1 saturated heterocycles. The van der Waals surface area contributed by atoms with Crippen molar-refractivity contribution in [2.45, 2.75) is 45.1 Å². The summed E-state index contributed by atoms with van der Waals surface area (Å²) in [4.78, 5) is 23.0. The number of aromatic nitrogens is 2. The fraction of sp³-hybridized carbons (Fsp3) is 0.706. The summed E-state index contributed by atoms with van der Waals surface area (Å²) in [6, 6.07) is 1.91. The second kappa shape index (κ2) is 8.24. The Labute approximate surface area is 137 Å². The molecule has 1 aromatic rings. The minimum Gasteiger partial charge on any atom is -0.378 e. The Morgan fingerprint density at radius 3 is 2.87 bits per heavy atom. The van der Waals surface area contributed by atoms with E-state index < -0.39 is 0 Å². The van der Waals surface area contributed by atoms with E-state index in [2.05, 4.69) is 20.2 Å². The van der Waals surface area contributed by atoms with Gasteiger partial charge in [-0.1, -0.05) is 25.7 Å². The summed E-state index contributed by atoms with van der Waals surface area (Å²) in [6.45, 7) is 3.57. The Hall–Kier alpha value is -1.69. The van der Waals surface area contributed by atoms with Gasteiger partial charge >= 0.3 is 0 Å². The predicted octanol–water partition coefficient (Wildman–Crippen LogP) is 1.90. The molecule has 1 amide bonds.